The molecule has 0 fully saturated rings. The van der Waals surface area contributed by atoms with Gasteiger partial charge >= 0.3 is 0 Å². The summed E-state index contributed by atoms with van der Waals surface area (Å²) in [6, 6.07) is 9.97. The third kappa shape index (κ3) is 2.72. The Morgan fingerprint density at radius 3 is 2.25 bits per heavy atom. The molecule has 2 nitrogen and oxygen atoms in total. The minimum atomic E-state index is 0.722. The molecule has 0 atom stereocenters. The fourth-order valence-corrected chi connectivity index (χ4v) is 1.46. The van der Waals surface area contributed by atoms with Crippen LogP contribution in [-0.2, 0) is 6.42 Å². The summed E-state index contributed by atoms with van der Waals surface area (Å²) in [7, 11) is 0. The minimum Gasteiger partial charge on any atom is -0.441 e. The lowest BCUT2D eigenvalue weighted by Gasteiger charge is -1.91. The Bertz CT molecular complexity index is 418. The average Bonchev–Trinajstić information content (AvgIpc) is 2.74. The van der Waals surface area contributed by atoms with E-state index in [1.165, 1.54) is 0 Å². The lowest BCUT2D eigenvalue weighted by atomic mass is 10.2. The molecular formula is C14H19NO. The van der Waals surface area contributed by atoms with Crippen LogP contribution in [0.15, 0.2) is 34.7 Å². The fourth-order valence-electron chi connectivity index (χ4n) is 1.46. The molecule has 2 aromatic rings. The van der Waals surface area contributed by atoms with Crippen molar-refractivity contribution >= 4 is 0 Å². The van der Waals surface area contributed by atoms with Crippen molar-refractivity contribution in [2.24, 2.45) is 0 Å². The summed E-state index contributed by atoms with van der Waals surface area (Å²) < 4.78 is 5.58. The maximum Gasteiger partial charge on any atom is 0.226 e. The van der Waals surface area contributed by atoms with Gasteiger partial charge in [-0.1, -0.05) is 39.0 Å². The highest BCUT2D eigenvalue weighted by Gasteiger charge is 2.08. The highest BCUT2D eigenvalue weighted by molar-refractivity contribution is 5.53. The normalized spacial score (nSPS) is 9.50. The molecule has 0 spiro atoms. The van der Waals surface area contributed by atoms with Crippen molar-refractivity contribution in [3.8, 4) is 11.5 Å². The van der Waals surface area contributed by atoms with Crippen molar-refractivity contribution in [2.45, 2.75) is 34.1 Å². The van der Waals surface area contributed by atoms with E-state index in [2.05, 4.69) is 11.9 Å². The maximum atomic E-state index is 5.58. The van der Waals surface area contributed by atoms with Crippen LogP contribution in [0, 0.1) is 6.92 Å². The largest absolute Gasteiger partial charge is 0.441 e. The Morgan fingerprint density at radius 1 is 1.12 bits per heavy atom. The quantitative estimate of drug-likeness (QED) is 0.752. The Labute approximate surface area is 97.3 Å². The fraction of sp³-hybridized carbons (Fsp3) is 0.357. The van der Waals surface area contributed by atoms with Crippen molar-refractivity contribution in [1.29, 1.82) is 0 Å². The summed E-state index contributed by atoms with van der Waals surface area (Å²) in [6.07, 6.45) is 0.919. The van der Waals surface area contributed by atoms with Crippen LogP contribution in [0.4, 0.5) is 0 Å². The predicted molar refractivity (Wildman–Crippen MR) is 67.4 cm³/mol. The van der Waals surface area contributed by atoms with Gasteiger partial charge < -0.3 is 4.42 Å². The summed E-state index contributed by atoms with van der Waals surface area (Å²) in [6.45, 7) is 8.04. The Balaban J connectivity index is 0.000000606. The van der Waals surface area contributed by atoms with Gasteiger partial charge in [-0.05, 0) is 25.5 Å². The number of rotatable bonds is 2. The topological polar surface area (TPSA) is 26.0 Å². The molecule has 0 N–H and O–H groups in total. The van der Waals surface area contributed by atoms with Gasteiger partial charge in [0.15, 0.2) is 0 Å². The zero-order valence-electron chi connectivity index (χ0n) is 10.4. The van der Waals surface area contributed by atoms with Gasteiger partial charge in [0.25, 0.3) is 0 Å². The lowest BCUT2D eigenvalue weighted by Crippen LogP contribution is -1.82. The smallest absolute Gasteiger partial charge is 0.226 e. The molecule has 2 rings (SSSR count). The molecule has 0 bridgehead atoms. The second-order valence-electron chi connectivity index (χ2n) is 3.24. The molecule has 0 unspecified atom stereocenters. The lowest BCUT2D eigenvalue weighted by molar-refractivity contribution is 0.539. The average molecular weight is 217 g/mol. The molecule has 0 aliphatic rings. The number of hydrogen-bond donors (Lipinski definition) is 0. The van der Waals surface area contributed by atoms with Crippen LogP contribution in [-0.4, -0.2) is 4.98 Å². The minimum absolute atomic E-state index is 0.722. The van der Waals surface area contributed by atoms with Crippen LogP contribution < -0.4 is 0 Å². The van der Waals surface area contributed by atoms with Crippen molar-refractivity contribution in [2.75, 3.05) is 0 Å². The number of nitrogens with zero attached hydrogens (tertiary/aromatic N) is 1. The third-order valence-electron chi connectivity index (χ3n) is 2.25. The molecular weight excluding hydrogens is 198 g/mol. The molecule has 0 radical (unpaired) electrons. The van der Waals surface area contributed by atoms with Crippen molar-refractivity contribution in [1.82, 2.24) is 4.98 Å². The van der Waals surface area contributed by atoms with Gasteiger partial charge in [-0.25, -0.2) is 4.98 Å². The van der Waals surface area contributed by atoms with Gasteiger partial charge in [0.05, 0.1) is 5.69 Å². The molecule has 1 aromatic carbocycles. The summed E-state index contributed by atoms with van der Waals surface area (Å²) in [5.41, 5.74) is 2.08. The molecule has 0 amide bonds. The Kier molecular flexibility index (Phi) is 4.77. The molecule has 0 saturated carbocycles. The Hall–Kier alpha value is -1.57. The summed E-state index contributed by atoms with van der Waals surface area (Å²) in [4.78, 5) is 4.43. The predicted octanol–water partition coefficient (Wildman–Crippen LogP) is 4.24. The van der Waals surface area contributed by atoms with Crippen molar-refractivity contribution in [3.05, 3.63) is 41.8 Å². The number of benzene rings is 1. The molecule has 86 valence electrons. The monoisotopic (exact) mass is 217 g/mol. The highest BCUT2D eigenvalue weighted by atomic mass is 16.4. The van der Waals surface area contributed by atoms with E-state index in [4.69, 9.17) is 4.42 Å². The van der Waals surface area contributed by atoms with E-state index >= 15 is 0 Å². The molecule has 1 aromatic heterocycles. The molecule has 2 heteroatoms. The first kappa shape index (κ1) is 12.5. The van der Waals surface area contributed by atoms with Gasteiger partial charge in [0.1, 0.15) is 5.76 Å². The van der Waals surface area contributed by atoms with Gasteiger partial charge in [0, 0.05) is 5.56 Å². The van der Waals surface area contributed by atoms with Gasteiger partial charge in [-0.3, -0.25) is 0 Å². The maximum absolute atomic E-state index is 5.58. The van der Waals surface area contributed by atoms with Crippen LogP contribution in [0.2, 0.25) is 0 Å². The van der Waals surface area contributed by atoms with E-state index in [9.17, 15) is 0 Å². The van der Waals surface area contributed by atoms with Crippen LogP contribution in [0.1, 0.15) is 32.2 Å². The van der Waals surface area contributed by atoms with E-state index in [0.29, 0.717) is 0 Å². The third-order valence-corrected chi connectivity index (χ3v) is 2.25. The highest BCUT2D eigenvalue weighted by Crippen LogP contribution is 2.21. The standard InChI is InChI=1S/C12H13NO.C2H6/c1-3-11-9(2)14-12(13-11)10-7-5-4-6-8-10;1-2/h4-8H,3H2,1-2H3;1-2H3. The first-order valence-electron chi connectivity index (χ1n) is 5.83. The van der Waals surface area contributed by atoms with E-state index in [-0.39, 0.29) is 0 Å². The molecule has 0 aliphatic carbocycles. The molecule has 1 heterocycles. The van der Waals surface area contributed by atoms with Crippen molar-refractivity contribution in [3.63, 3.8) is 0 Å². The Morgan fingerprint density at radius 2 is 1.75 bits per heavy atom. The summed E-state index contributed by atoms with van der Waals surface area (Å²) >= 11 is 0. The zero-order valence-corrected chi connectivity index (χ0v) is 10.4. The second-order valence-corrected chi connectivity index (χ2v) is 3.24. The zero-order chi connectivity index (χ0) is 12.0. The second kappa shape index (κ2) is 6.11. The summed E-state index contributed by atoms with van der Waals surface area (Å²) in [5, 5.41) is 0. The molecule has 16 heavy (non-hydrogen) atoms. The molecule has 0 aliphatic heterocycles. The van der Waals surface area contributed by atoms with Gasteiger partial charge in [0.2, 0.25) is 5.89 Å². The number of aryl methyl sites for hydroxylation is 2. The van der Waals surface area contributed by atoms with Crippen LogP contribution in [0.25, 0.3) is 11.5 Å². The number of oxazole rings is 1. The first-order valence-corrected chi connectivity index (χ1v) is 5.83. The van der Waals surface area contributed by atoms with E-state index in [1.54, 1.807) is 0 Å². The van der Waals surface area contributed by atoms with E-state index < -0.39 is 0 Å². The van der Waals surface area contributed by atoms with Crippen LogP contribution >= 0.6 is 0 Å². The first-order chi connectivity index (χ1) is 7.81. The molecule has 0 saturated heterocycles. The van der Waals surface area contributed by atoms with E-state index in [0.717, 1.165) is 29.3 Å². The van der Waals surface area contributed by atoms with Gasteiger partial charge in [-0.15, -0.1) is 0 Å². The van der Waals surface area contributed by atoms with Crippen LogP contribution in [0.3, 0.4) is 0 Å². The number of hydrogen-bond acceptors (Lipinski definition) is 2. The van der Waals surface area contributed by atoms with Crippen LogP contribution in [0.5, 0.6) is 0 Å². The SMILES string of the molecule is CC.CCc1nc(-c2ccccc2)oc1C. The van der Waals surface area contributed by atoms with E-state index in [1.807, 2.05) is 51.1 Å². The number of aromatic nitrogens is 1. The van der Waals surface area contributed by atoms with Gasteiger partial charge in [-0.2, -0.15) is 0 Å². The summed E-state index contributed by atoms with van der Waals surface area (Å²) in [5.74, 6) is 1.64. The van der Waals surface area contributed by atoms with Crippen molar-refractivity contribution < 1.29 is 4.42 Å².